The number of piperidine rings is 1. The molecular weight excluding hydrogens is 248 g/mol. The van der Waals surface area contributed by atoms with Gasteiger partial charge in [0.25, 0.3) is 0 Å². The lowest BCUT2D eigenvalue weighted by Gasteiger charge is -2.31. The van der Waals surface area contributed by atoms with E-state index < -0.39 is 0 Å². The van der Waals surface area contributed by atoms with Gasteiger partial charge in [-0.1, -0.05) is 5.92 Å². The van der Waals surface area contributed by atoms with Crippen LogP contribution in [0.15, 0.2) is 18.2 Å². The summed E-state index contributed by atoms with van der Waals surface area (Å²) in [6.07, 6.45) is 7.38. The van der Waals surface area contributed by atoms with Crippen molar-refractivity contribution in [1.29, 1.82) is 10.5 Å². The number of benzene rings is 1. The van der Waals surface area contributed by atoms with Gasteiger partial charge in [-0.25, -0.2) is 0 Å². The molecule has 0 aliphatic carbocycles. The Hall–Kier alpha value is -2.48. The van der Waals surface area contributed by atoms with Crippen LogP contribution in [0, 0.1) is 35.0 Å². The Balaban J connectivity index is 1.97. The maximum absolute atomic E-state index is 9.02. The normalized spacial score (nSPS) is 15.8. The minimum absolute atomic E-state index is 0.392. The van der Waals surface area contributed by atoms with Gasteiger partial charge < -0.3 is 5.32 Å². The average Bonchev–Trinajstić information content (AvgIpc) is 2.49. The zero-order valence-corrected chi connectivity index (χ0v) is 11.3. The summed E-state index contributed by atoms with van der Waals surface area (Å²) in [5, 5.41) is 21.3. The van der Waals surface area contributed by atoms with E-state index in [1.165, 1.54) is 0 Å². The van der Waals surface area contributed by atoms with E-state index in [-0.39, 0.29) is 0 Å². The lowest BCUT2D eigenvalue weighted by atomic mass is 10.0. The maximum Gasteiger partial charge on any atom is 0.101 e. The highest BCUT2D eigenvalue weighted by atomic mass is 15.1. The highest BCUT2D eigenvalue weighted by Gasteiger charge is 2.18. The predicted molar refractivity (Wildman–Crippen MR) is 77.8 cm³/mol. The molecule has 1 aliphatic heterocycles. The molecule has 100 valence electrons. The third kappa shape index (κ3) is 3.29. The van der Waals surface area contributed by atoms with E-state index in [0.29, 0.717) is 23.7 Å². The van der Waals surface area contributed by atoms with Crippen molar-refractivity contribution in [3.8, 4) is 24.5 Å². The van der Waals surface area contributed by atoms with E-state index in [2.05, 4.69) is 22.2 Å². The lowest BCUT2D eigenvalue weighted by Crippen LogP contribution is -2.39. The number of likely N-dealkylation sites (tertiary alicyclic amines) is 1. The number of hydrogen-bond donors (Lipinski definition) is 1. The molecule has 1 heterocycles. The Bertz CT molecular complexity index is 592. The molecule has 1 N–H and O–H groups in total. The molecule has 1 aromatic rings. The fourth-order valence-corrected chi connectivity index (χ4v) is 2.42. The quantitative estimate of drug-likeness (QED) is 0.847. The summed E-state index contributed by atoms with van der Waals surface area (Å²) in [5.74, 6) is 2.67. The van der Waals surface area contributed by atoms with Crippen LogP contribution >= 0.6 is 0 Å². The van der Waals surface area contributed by atoms with E-state index in [9.17, 15) is 0 Å². The van der Waals surface area contributed by atoms with Gasteiger partial charge >= 0.3 is 0 Å². The zero-order chi connectivity index (χ0) is 14.4. The van der Waals surface area contributed by atoms with Crippen LogP contribution in [0.2, 0.25) is 0 Å². The number of terminal acetylenes is 1. The van der Waals surface area contributed by atoms with E-state index in [0.717, 1.165) is 31.6 Å². The Labute approximate surface area is 119 Å². The first-order chi connectivity index (χ1) is 9.76. The Kier molecular flexibility index (Phi) is 4.61. The first-order valence-electron chi connectivity index (χ1n) is 6.63. The monoisotopic (exact) mass is 264 g/mol. The second-order valence-corrected chi connectivity index (χ2v) is 4.88. The largest absolute Gasteiger partial charge is 0.382 e. The topological polar surface area (TPSA) is 62.9 Å². The molecule has 0 spiro atoms. The minimum Gasteiger partial charge on any atom is -0.382 e. The number of rotatable bonds is 3. The van der Waals surface area contributed by atoms with E-state index >= 15 is 0 Å². The van der Waals surface area contributed by atoms with Gasteiger partial charge in [-0.15, -0.1) is 6.42 Å². The fourth-order valence-electron chi connectivity index (χ4n) is 2.42. The summed E-state index contributed by atoms with van der Waals surface area (Å²) in [4.78, 5) is 2.26. The highest BCUT2D eigenvalue weighted by Crippen LogP contribution is 2.19. The molecule has 2 rings (SSSR count). The summed E-state index contributed by atoms with van der Waals surface area (Å²) in [5.41, 5.74) is 1.74. The molecule has 0 aromatic heterocycles. The van der Waals surface area contributed by atoms with Crippen LogP contribution in [0.1, 0.15) is 24.0 Å². The second kappa shape index (κ2) is 6.62. The van der Waals surface area contributed by atoms with Gasteiger partial charge in [0.1, 0.15) is 12.1 Å². The molecule has 0 radical (unpaired) electrons. The molecule has 0 atom stereocenters. The third-order valence-corrected chi connectivity index (χ3v) is 3.53. The van der Waals surface area contributed by atoms with Gasteiger partial charge in [-0.05, 0) is 31.0 Å². The molecule has 1 aliphatic rings. The van der Waals surface area contributed by atoms with E-state index in [4.69, 9.17) is 16.9 Å². The minimum atomic E-state index is 0.392. The molecule has 1 fully saturated rings. The number of nitrogens with zero attached hydrogens (tertiary/aromatic N) is 3. The standard InChI is InChI=1S/C16H16N4/c1-2-7-20-8-5-15(6-9-20)19-16-4-3-13(11-17)14(10-16)12-18/h1,3-4,10,15,19H,5-9H2. The van der Waals surface area contributed by atoms with Gasteiger partial charge in [0.15, 0.2) is 0 Å². The molecule has 20 heavy (non-hydrogen) atoms. The third-order valence-electron chi connectivity index (χ3n) is 3.53. The summed E-state index contributed by atoms with van der Waals surface area (Å²) in [7, 11) is 0. The van der Waals surface area contributed by atoms with Crippen molar-refractivity contribution in [2.24, 2.45) is 0 Å². The molecule has 0 bridgehead atoms. The van der Waals surface area contributed by atoms with Crippen molar-refractivity contribution >= 4 is 5.69 Å². The molecule has 0 amide bonds. The Morgan fingerprint density at radius 3 is 2.50 bits per heavy atom. The van der Waals surface area contributed by atoms with Gasteiger partial charge in [0.2, 0.25) is 0 Å². The molecule has 4 nitrogen and oxygen atoms in total. The van der Waals surface area contributed by atoms with Crippen LogP contribution in [0.3, 0.4) is 0 Å². The number of nitrogens with one attached hydrogen (secondary N) is 1. The molecule has 1 saturated heterocycles. The van der Waals surface area contributed by atoms with Gasteiger partial charge in [0, 0.05) is 24.8 Å². The van der Waals surface area contributed by atoms with Crippen LogP contribution in [-0.2, 0) is 0 Å². The average molecular weight is 264 g/mol. The van der Waals surface area contributed by atoms with Crippen LogP contribution in [-0.4, -0.2) is 30.6 Å². The number of nitriles is 2. The van der Waals surface area contributed by atoms with Crippen molar-refractivity contribution in [1.82, 2.24) is 4.90 Å². The molecule has 4 heteroatoms. The van der Waals surface area contributed by atoms with Gasteiger partial charge in [-0.2, -0.15) is 10.5 Å². The van der Waals surface area contributed by atoms with Gasteiger partial charge in [-0.3, -0.25) is 4.90 Å². The summed E-state index contributed by atoms with van der Waals surface area (Å²) in [6.45, 7) is 2.69. The SMILES string of the molecule is C#CCN1CCC(Nc2ccc(C#N)c(C#N)c2)CC1. The zero-order valence-electron chi connectivity index (χ0n) is 11.3. The van der Waals surface area contributed by atoms with Crippen LogP contribution < -0.4 is 5.32 Å². The van der Waals surface area contributed by atoms with Crippen molar-refractivity contribution in [3.05, 3.63) is 29.3 Å². The second-order valence-electron chi connectivity index (χ2n) is 4.88. The van der Waals surface area contributed by atoms with Crippen LogP contribution in [0.25, 0.3) is 0 Å². The summed E-state index contributed by atoms with van der Waals surface area (Å²) < 4.78 is 0. The smallest absolute Gasteiger partial charge is 0.101 e. The summed E-state index contributed by atoms with van der Waals surface area (Å²) >= 11 is 0. The van der Waals surface area contributed by atoms with Crippen LogP contribution in [0.5, 0.6) is 0 Å². The van der Waals surface area contributed by atoms with Crippen molar-refractivity contribution in [2.45, 2.75) is 18.9 Å². The van der Waals surface area contributed by atoms with Crippen LogP contribution in [0.4, 0.5) is 5.69 Å². The van der Waals surface area contributed by atoms with Crippen molar-refractivity contribution in [3.63, 3.8) is 0 Å². The van der Waals surface area contributed by atoms with Crippen molar-refractivity contribution < 1.29 is 0 Å². The molecule has 1 aromatic carbocycles. The maximum atomic E-state index is 9.02. The first kappa shape index (κ1) is 13.9. The van der Waals surface area contributed by atoms with Crippen molar-refractivity contribution in [2.75, 3.05) is 25.0 Å². The number of anilines is 1. The Morgan fingerprint density at radius 1 is 1.20 bits per heavy atom. The number of hydrogen-bond acceptors (Lipinski definition) is 4. The Morgan fingerprint density at radius 2 is 1.90 bits per heavy atom. The molecular formula is C16H16N4. The van der Waals surface area contributed by atoms with E-state index in [1.54, 1.807) is 12.1 Å². The molecule has 0 unspecified atom stereocenters. The van der Waals surface area contributed by atoms with Gasteiger partial charge in [0.05, 0.1) is 17.7 Å². The molecule has 0 saturated carbocycles. The predicted octanol–water partition coefficient (Wildman–Crippen LogP) is 1.94. The highest BCUT2D eigenvalue weighted by molar-refractivity contribution is 5.56. The fraction of sp³-hybridized carbons (Fsp3) is 0.375. The van der Waals surface area contributed by atoms with E-state index in [1.807, 2.05) is 12.1 Å². The lowest BCUT2D eigenvalue weighted by molar-refractivity contribution is 0.243. The summed E-state index contributed by atoms with van der Waals surface area (Å²) in [6, 6.07) is 9.75. The first-order valence-corrected chi connectivity index (χ1v) is 6.63.